The van der Waals surface area contributed by atoms with Crippen molar-refractivity contribution in [3.8, 4) is 0 Å². The summed E-state index contributed by atoms with van der Waals surface area (Å²) < 4.78 is 0. The van der Waals surface area contributed by atoms with Gasteiger partial charge in [-0.05, 0) is 53.5 Å². The van der Waals surface area contributed by atoms with Gasteiger partial charge in [0.2, 0.25) is 0 Å². The van der Waals surface area contributed by atoms with E-state index in [9.17, 15) is 5.11 Å². The van der Waals surface area contributed by atoms with Gasteiger partial charge in [0.1, 0.15) is 6.23 Å². The molecule has 2 aromatic rings. The van der Waals surface area contributed by atoms with E-state index in [1.807, 2.05) is 0 Å². The number of likely N-dealkylation sites (tertiary alicyclic amines) is 1. The summed E-state index contributed by atoms with van der Waals surface area (Å²) in [7, 11) is 0. The molecule has 1 unspecified atom stereocenters. The summed E-state index contributed by atoms with van der Waals surface area (Å²) in [5, 5.41) is 10.8. The first kappa shape index (κ1) is 23.0. The van der Waals surface area contributed by atoms with Gasteiger partial charge in [-0.1, -0.05) is 112 Å². The Balaban J connectivity index is 1.40. The third kappa shape index (κ3) is 5.60. The standard InChI is InChI=1S/C30H39NO/c1-2-3-4-5-6-7-8-17-29(32)31-22-20-26(21-23-31)30-27-15-11-9-13-24(27)18-19-25-14-10-12-16-28(25)30/h9-16,18-19,29,32H,2-8,17,20-23H2,1H3. The van der Waals surface area contributed by atoms with Crippen LogP contribution in [0.5, 0.6) is 0 Å². The Morgan fingerprint density at radius 1 is 0.750 bits per heavy atom. The first-order chi connectivity index (χ1) is 15.8. The fraction of sp³-hybridized carbons (Fsp3) is 0.467. The van der Waals surface area contributed by atoms with Gasteiger partial charge in [0.15, 0.2) is 0 Å². The second-order valence-electron chi connectivity index (χ2n) is 9.41. The van der Waals surface area contributed by atoms with Crippen molar-refractivity contribution < 1.29 is 5.11 Å². The topological polar surface area (TPSA) is 23.5 Å². The molecule has 1 aliphatic heterocycles. The maximum Gasteiger partial charge on any atom is 0.107 e. The van der Waals surface area contributed by atoms with Crippen LogP contribution < -0.4 is 0 Å². The SMILES string of the molecule is CCCCCCCCCC(O)N1CCC(=C2c3ccccc3C=Cc3ccccc32)CC1. The van der Waals surface area contributed by atoms with Crippen LogP contribution in [-0.4, -0.2) is 29.3 Å². The van der Waals surface area contributed by atoms with Crippen LogP contribution in [0.3, 0.4) is 0 Å². The van der Waals surface area contributed by atoms with Crippen molar-refractivity contribution >= 4 is 17.7 Å². The molecule has 0 radical (unpaired) electrons. The van der Waals surface area contributed by atoms with Crippen LogP contribution in [0.15, 0.2) is 54.1 Å². The van der Waals surface area contributed by atoms with Gasteiger partial charge in [-0.15, -0.1) is 0 Å². The highest BCUT2D eigenvalue weighted by Crippen LogP contribution is 2.38. The Kier molecular flexibility index (Phi) is 8.36. The summed E-state index contributed by atoms with van der Waals surface area (Å²) in [5.74, 6) is 0. The highest BCUT2D eigenvalue weighted by Gasteiger charge is 2.24. The predicted octanol–water partition coefficient (Wildman–Crippen LogP) is 7.53. The molecule has 2 nitrogen and oxygen atoms in total. The lowest BCUT2D eigenvalue weighted by Gasteiger charge is -2.34. The lowest BCUT2D eigenvalue weighted by atomic mass is 9.86. The number of hydrogen-bond acceptors (Lipinski definition) is 2. The number of aliphatic hydroxyl groups is 1. The van der Waals surface area contributed by atoms with Crippen molar-refractivity contribution in [2.45, 2.75) is 77.4 Å². The molecule has 0 bridgehead atoms. The van der Waals surface area contributed by atoms with Crippen LogP contribution in [0.4, 0.5) is 0 Å². The molecule has 1 heterocycles. The van der Waals surface area contributed by atoms with E-state index in [0.29, 0.717) is 0 Å². The van der Waals surface area contributed by atoms with Crippen LogP contribution in [0.25, 0.3) is 17.7 Å². The molecule has 32 heavy (non-hydrogen) atoms. The van der Waals surface area contributed by atoms with Crippen molar-refractivity contribution in [1.29, 1.82) is 0 Å². The molecule has 2 heteroatoms. The normalized spacial score (nSPS) is 17.1. The lowest BCUT2D eigenvalue weighted by Crippen LogP contribution is -2.39. The minimum Gasteiger partial charge on any atom is -0.378 e. The molecule has 0 spiro atoms. The summed E-state index contributed by atoms with van der Waals surface area (Å²) in [6.07, 6.45) is 16.3. The van der Waals surface area contributed by atoms with E-state index in [1.54, 1.807) is 0 Å². The smallest absolute Gasteiger partial charge is 0.107 e. The van der Waals surface area contributed by atoms with E-state index in [4.69, 9.17) is 0 Å². The number of unbranched alkanes of at least 4 members (excludes halogenated alkanes) is 6. The molecule has 1 fully saturated rings. The van der Waals surface area contributed by atoms with Gasteiger partial charge >= 0.3 is 0 Å². The maximum absolute atomic E-state index is 10.8. The van der Waals surface area contributed by atoms with Crippen molar-refractivity contribution in [2.75, 3.05) is 13.1 Å². The zero-order valence-electron chi connectivity index (χ0n) is 19.7. The van der Waals surface area contributed by atoms with Crippen LogP contribution in [0, 0.1) is 0 Å². The molecule has 1 saturated heterocycles. The quantitative estimate of drug-likeness (QED) is 0.355. The molecule has 0 saturated carbocycles. The minimum absolute atomic E-state index is 0.285. The number of hydrogen-bond donors (Lipinski definition) is 1. The summed E-state index contributed by atoms with van der Waals surface area (Å²) in [5.41, 5.74) is 8.25. The van der Waals surface area contributed by atoms with Crippen molar-refractivity contribution in [2.24, 2.45) is 0 Å². The van der Waals surface area contributed by atoms with E-state index in [-0.39, 0.29) is 6.23 Å². The summed E-state index contributed by atoms with van der Waals surface area (Å²) in [6.45, 7) is 4.17. The molecule has 1 atom stereocenters. The van der Waals surface area contributed by atoms with Crippen LogP contribution >= 0.6 is 0 Å². The highest BCUT2D eigenvalue weighted by molar-refractivity contribution is 5.94. The number of benzene rings is 2. The second kappa shape index (κ2) is 11.6. The molecule has 170 valence electrons. The molecule has 1 aliphatic carbocycles. The third-order valence-corrected chi connectivity index (χ3v) is 7.15. The second-order valence-corrected chi connectivity index (χ2v) is 9.41. The molecule has 0 amide bonds. The average molecular weight is 430 g/mol. The van der Waals surface area contributed by atoms with E-state index in [1.165, 1.54) is 71.9 Å². The monoisotopic (exact) mass is 429 g/mol. The Morgan fingerprint density at radius 2 is 1.28 bits per heavy atom. The van der Waals surface area contributed by atoms with E-state index < -0.39 is 0 Å². The Morgan fingerprint density at radius 3 is 1.88 bits per heavy atom. The summed E-state index contributed by atoms with van der Waals surface area (Å²) in [4.78, 5) is 2.30. The van der Waals surface area contributed by atoms with Gasteiger partial charge in [0, 0.05) is 13.1 Å². The average Bonchev–Trinajstić information content (AvgIpc) is 3.00. The molecule has 2 aliphatic rings. The summed E-state index contributed by atoms with van der Waals surface area (Å²) in [6, 6.07) is 17.6. The van der Waals surface area contributed by atoms with Gasteiger partial charge in [-0.25, -0.2) is 0 Å². The van der Waals surface area contributed by atoms with Gasteiger partial charge < -0.3 is 5.11 Å². The number of piperidine rings is 1. The lowest BCUT2D eigenvalue weighted by molar-refractivity contribution is -0.00859. The fourth-order valence-electron chi connectivity index (χ4n) is 5.25. The van der Waals surface area contributed by atoms with Gasteiger partial charge in [-0.2, -0.15) is 0 Å². The number of rotatable bonds is 9. The Bertz CT molecular complexity index is 880. The van der Waals surface area contributed by atoms with Crippen LogP contribution in [0.2, 0.25) is 0 Å². The molecule has 2 aromatic carbocycles. The van der Waals surface area contributed by atoms with Gasteiger partial charge in [0.25, 0.3) is 0 Å². The minimum atomic E-state index is -0.285. The Labute approximate surface area is 194 Å². The molecule has 1 N–H and O–H groups in total. The molecule has 4 rings (SSSR count). The maximum atomic E-state index is 10.8. The first-order valence-corrected chi connectivity index (χ1v) is 12.8. The van der Waals surface area contributed by atoms with Crippen LogP contribution in [-0.2, 0) is 0 Å². The highest BCUT2D eigenvalue weighted by atomic mass is 16.3. The summed E-state index contributed by atoms with van der Waals surface area (Å²) >= 11 is 0. The predicted molar refractivity (Wildman–Crippen MR) is 137 cm³/mol. The number of nitrogens with zero attached hydrogens (tertiary/aromatic N) is 1. The zero-order valence-corrected chi connectivity index (χ0v) is 19.7. The largest absolute Gasteiger partial charge is 0.378 e. The van der Waals surface area contributed by atoms with E-state index >= 15 is 0 Å². The van der Waals surface area contributed by atoms with E-state index in [0.717, 1.165) is 38.8 Å². The van der Waals surface area contributed by atoms with Gasteiger partial charge in [0.05, 0.1) is 0 Å². The van der Waals surface area contributed by atoms with Crippen LogP contribution in [0.1, 0.15) is 93.4 Å². The van der Waals surface area contributed by atoms with Crippen molar-refractivity contribution in [3.63, 3.8) is 0 Å². The first-order valence-electron chi connectivity index (χ1n) is 12.8. The molecular formula is C30H39NO. The zero-order chi connectivity index (χ0) is 22.2. The fourth-order valence-corrected chi connectivity index (χ4v) is 5.25. The number of aliphatic hydroxyl groups excluding tert-OH is 1. The molecule has 0 aromatic heterocycles. The molecular weight excluding hydrogens is 390 g/mol. The Hall–Kier alpha value is -2.16. The third-order valence-electron chi connectivity index (χ3n) is 7.15. The van der Waals surface area contributed by atoms with E-state index in [2.05, 4.69) is 72.5 Å². The number of fused-ring (bicyclic) bond motifs is 2. The van der Waals surface area contributed by atoms with Gasteiger partial charge in [-0.3, -0.25) is 4.90 Å². The van der Waals surface area contributed by atoms with Crippen molar-refractivity contribution in [1.82, 2.24) is 4.90 Å². The van der Waals surface area contributed by atoms with Crippen molar-refractivity contribution in [3.05, 3.63) is 76.4 Å².